The van der Waals surface area contributed by atoms with Crippen molar-refractivity contribution >= 4 is 28.4 Å². The fourth-order valence-corrected chi connectivity index (χ4v) is 4.26. The lowest BCUT2D eigenvalue weighted by Crippen LogP contribution is -2.27. The summed E-state index contributed by atoms with van der Waals surface area (Å²) in [6.45, 7) is 5.46. The number of rotatable bonds is 6. The number of hydrogen-bond acceptors (Lipinski definition) is 5. The molecule has 4 aromatic rings. The highest BCUT2D eigenvalue weighted by atomic mass is 16.2. The van der Waals surface area contributed by atoms with Gasteiger partial charge < -0.3 is 10.6 Å². The number of aromatic nitrogens is 2. The summed E-state index contributed by atoms with van der Waals surface area (Å²) in [7, 11) is 0. The topological polar surface area (TPSA) is 117 Å². The zero-order valence-corrected chi connectivity index (χ0v) is 21.4. The van der Waals surface area contributed by atoms with E-state index in [2.05, 4.69) is 21.7 Å². The van der Waals surface area contributed by atoms with Gasteiger partial charge in [-0.1, -0.05) is 24.3 Å². The first-order valence-electron chi connectivity index (χ1n) is 12.4. The van der Waals surface area contributed by atoms with Crippen molar-refractivity contribution < 1.29 is 9.59 Å². The van der Waals surface area contributed by atoms with Crippen LogP contribution in [0.1, 0.15) is 58.5 Å². The van der Waals surface area contributed by atoms with Crippen molar-refractivity contribution in [2.75, 3.05) is 5.32 Å². The molecule has 1 saturated carbocycles. The van der Waals surface area contributed by atoms with E-state index in [1.165, 1.54) is 10.9 Å². The summed E-state index contributed by atoms with van der Waals surface area (Å²) >= 11 is 0. The molecular formula is C30H27N5O3. The molecule has 8 heteroatoms. The standard InChI is InChI=1S/C30H27N5O3/c1-18-10-11-22(34-27(36)19-6-4-7-20(14-19)30(2,3)16-31)15-25(18)35-17-32-26-23(28(37)33-21-12-13-21)8-5-9-24(26)29(35)38/h4-11,14-15,17,21H,12-13H2,1-3H3,(H,33,37)(H,34,36). The molecule has 0 unspecified atom stereocenters. The van der Waals surface area contributed by atoms with Gasteiger partial charge in [0, 0.05) is 17.3 Å². The third-order valence-electron chi connectivity index (χ3n) is 6.80. The van der Waals surface area contributed by atoms with Gasteiger partial charge in [-0.3, -0.25) is 19.0 Å². The van der Waals surface area contributed by atoms with Crippen LogP contribution in [0.15, 0.2) is 71.8 Å². The first kappa shape index (κ1) is 24.9. The van der Waals surface area contributed by atoms with E-state index in [9.17, 15) is 19.6 Å². The number of nitrogens with zero attached hydrogens (tertiary/aromatic N) is 3. The first-order chi connectivity index (χ1) is 18.2. The van der Waals surface area contributed by atoms with Crippen molar-refractivity contribution in [1.29, 1.82) is 5.26 Å². The minimum Gasteiger partial charge on any atom is -0.349 e. The van der Waals surface area contributed by atoms with Gasteiger partial charge in [-0.25, -0.2) is 4.98 Å². The van der Waals surface area contributed by atoms with Crippen LogP contribution in [-0.4, -0.2) is 27.4 Å². The van der Waals surface area contributed by atoms with Crippen molar-refractivity contribution in [2.45, 2.75) is 45.1 Å². The highest BCUT2D eigenvalue weighted by Gasteiger charge is 2.25. The number of aryl methyl sites for hydroxylation is 1. The van der Waals surface area contributed by atoms with Gasteiger partial charge in [0.1, 0.15) is 6.33 Å². The van der Waals surface area contributed by atoms with Gasteiger partial charge in [-0.05, 0) is 81.1 Å². The number of carbonyl (C=O) groups excluding carboxylic acids is 2. The second-order valence-corrected chi connectivity index (χ2v) is 10.1. The number of amides is 2. The predicted octanol–water partition coefficient (Wildman–Crippen LogP) is 4.64. The van der Waals surface area contributed by atoms with Gasteiger partial charge in [-0.15, -0.1) is 0 Å². The molecule has 1 aromatic heterocycles. The van der Waals surface area contributed by atoms with Gasteiger partial charge in [0.25, 0.3) is 17.4 Å². The van der Waals surface area contributed by atoms with E-state index in [1.807, 2.05) is 19.1 Å². The SMILES string of the molecule is Cc1ccc(NC(=O)c2cccc(C(C)(C)C#N)c2)cc1-n1cnc2c(C(=O)NC3CC3)cccc2c1=O. The van der Waals surface area contributed by atoms with Crippen LogP contribution in [0.3, 0.4) is 0 Å². The fraction of sp³-hybridized carbons (Fsp3) is 0.233. The number of hydrogen-bond donors (Lipinski definition) is 2. The molecule has 3 aromatic carbocycles. The summed E-state index contributed by atoms with van der Waals surface area (Å²) in [6.07, 6.45) is 3.35. The molecule has 0 spiro atoms. The Kier molecular flexibility index (Phi) is 6.29. The van der Waals surface area contributed by atoms with E-state index < -0.39 is 5.41 Å². The number of anilines is 1. The zero-order valence-electron chi connectivity index (χ0n) is 21.4. The molecule has 0 atom stereocenters. The highest BCUT2D eigenvalue weighted by Crippen LogP contribution is 2.25. The Labute approximate surface area is 219 Å². The molecule has 0 bridgehead atoms. The monoisotopic (exact) mass is 505 g/mol. The van der Waals surface area contributed by atoms with Crippen LogP contribution in [0.4, 0.5) is 5.69 Å². The molecule has 5 rings (SSSR count). The largest absolute Gasteiger partial charge is 0.349 e. The van der Waals surface area contributed by atoms with Gasteiger partial charge in [0.05, 0.1) is 33.6 Å². The summed E-state index contributed by atoms with van der Waals surface area (Å²) in [5.74, 6) is -0.559. The average Bonchev–Trinajstić information content (AvgIpc) is 3.74. The summed E-state index contributed by atoms with van der Waals surface area (Å²) in [5, 5.41) is 15.6. The lowest BCUT2D eigenvalue weighted by Gasteiger charge is -2.17. The number of nitriles is 1. The zero-order chi connectivity index (χ0) is 27.0. The molecule has 1 aliphatic rings. The normalized spacial score (nSPS) is 13.1. The molecule has 0 saturated heterocycles. The van der Waals surface area contributed by atoms with Crippen LogP contribution in [0.5, 0.6) is 0 Å². The Bertz CT molecular complexity index is 1690. The Balaban J connectivity index is 1.47. The van der Waals surface area contributed by atoms with Crippen molar-refractivity contribution in [3.8, 4) is 11.8 Å². The maximum Gasteiger partial charge on any atom is 0.265 e. The van der Waals surface area contributed by atoms with Crippen LogP contribution >= 0.6 is 0 Å². The van der Waals surface area contributed by atoms with E-state index in [0.717, 1.165) is 24.0 Å². The molecule has 1 fully saturated rings. The molecular weight excluding hydrogens is 478 g/mol. The first-order valence-corrected chi connectivity index (χ1v) is 12.4. The van der Waals surface area contributed by atoms with Crippen molar-refractivity contribution in [2.24, 2.45) is 0 Å². The lowest BCUT2D eigenvalue weighted by molar-refractivity contribution is 0.0951. The van der Waals surface area contributed by atoms with E-state index in [1.54, 1.807) is 62.4 Å². The summed E-state index contributed by atoms with van der Waals surface area (Å²) in [6, 6.07) is 19.7. The second kappa shape index (κ2) is 9.60. The van der Waals surface area contributed by atoms with Crippen molar-refractivity contribution in [1.82, 2.24) is 14.9 Å². The van der Waals surface area contributed by atoms with Gasteiger partial charge in [0.15, 0.2) is 0 Å². The Morgan fingerprint density at radius 2 is 1.82 bits per heavy atom. The van der Waals surface area contributed by atoms with Crippen LogP contribution < -0.4 is 16.2 Å². The average molecular weight is 506 g/mol. The number of para-hydroxylation sites is 1. The number of carbonyl (C=O) groups is 2. The second-order valence-electron chi connectivity index (χ2n) is 10.1. The van der Waals surface area contributed by atoms with Crippen LogP contribution in [0, 0.1) is 18.3 Å². The molecule has 190 valence electrons. The predicted molar refractivity (Wildman–Crippen MR) is 146 cm³/mol. The molecule has 0 aliphatic heterocycles. The molecule has 1 heterocycles. The Morgan fingerprint density at radius 1 is 1.05 bits per heavy atom. The van der Waals surface area contributed by atoms with E-state index in [4.69, 9.17) is 0 Å². The Hall–Kier alpha value is -4.77. The Morgan fingerprint density at radius 3 is 2.55 bits per heavy atom. The van der Waals surface area contributed by atoms with Crippen LogP contribution in [0.25, 0.3) is 16.6 Å². The summed E-state index contributed by atoms with van der Waals surface area (Å²) in [4.78, 5) is 43.7. The van der Waals surface area contributed by atoms with Crippen LogP contribution in [-0.2, 0) is 5.41 Å². The van der Waals surface area contributed by atoms with Gasteiger partial charge >= 0.3 is 0 Å². The van der Waals surface area contributed by atoms with E-state index >= 15 is 0 Å². The van der Waals surface area contributed by atoms with E-state index in [0.29, 0.717) is 33.4 Å². The molecule has 1 aliphatic carbocycles. The number of fused-ring (bicyclic) bond motifs is 1. The van der Waals surface area contributed by atoms with Crippen molar-refractivity contribution in [3.63, 3.8) is 0 Å². The minimum absolute atomic E-state index is 0.194. The summed E-state index contributed by atoms with van der Waals surface area (Å²) < 4.78 is 1.42. The summed E-state index contributed by atoms with van der Waals surface area (Å²) in [5.41, 5.74) is 2.74. The smallest absolute Gasteiger partial charge is 0.265 e. The maximum atomic E-state index is 13.5. The lowest BCUT2D eigenvalue weighted by atomic mass is 9.85. The number of nitrogens with one attached hydrogen (secondary N) is 2. The third-order valence-corrected chi connectivity index (χ3v) is 6.80. The van der Waals surface area contributed by atoms with Gasteiger partial charge in [0.2, 0.25) is 0 Å². The molecule has 0 radical (unpaired) electrons. The van der Waals surface area contributed by atoms with E-state index in [-0.39, 0.29) is 23.4 Å². The molecule has 38 heavy (non-hydrogen) atoms. The van der Waals surface area contributed by atoms with Crippen LogP contribution in [0.2, 0.25) is 0 Å². The minimum atomic E-state index is -0.726. The highest BCUT2D eigenvalue weighted by molar-refractivity contribution is 6.06. The molecule has 2 N–H and O–H groups in total. The van der Waals surface area contributed by atoms with Crippen molar-refractivity contribution in [3.05, 3.63) is 99.6 Å². The quantitative estimate of drug-likeness (QED) is 0.396. The number of benzene rings is 3. The maximum absolute atomic E-state index is 13.5. The molecule has 8 nitrogen and oxygen atoms in total. The van der Waals surface area contributed by atoms with Gasteiger partial charge in [-0.2, -0.15) is 5.26 Å². The molecule has 2 amide bonds. The third kappa shape index (κ3) is 4.78. The fourth-order valence-electron chi connectivity index (χ4n) is 4.26.